The van der Waals surface area contributed by atoms with Gasteiger partial charge in [0.25, 0.3) is 0 Å². The number of nitrogens with zero attached hydrogens (tertiary/aromatic N) is 1. The number of allylic oxidation sites excluding steroid dienone is 2. The van der Waals surface area contributed by atoms with E-state index in [-0.39, 0.29) is 11.4 Å². The summed E-state index contributed by atoms with van der Waals surface area (Å²) in [5.74, 6) is 2.31. The lowest BCUT2D eigenvalue weighted by molar-refractivity contribution is -0.151. The zero-order valence-corrected chi connectivity index (χ0v) is 16.8. The fraction of sp³-hybridized carbons (Fsp3) is 0.864. The van der Waals surface area contributed by atoms with E-state index >= 15 is 0 Å². The summed E-state index contributed by atoms with van der Waals surface area (Å²) in [5, 5.41) is 10.1. The van der Waals surface area contributed by atoms with E-state index in [0.717, 1.165) is 37.6 Å². The number of aliphatic hydroxyl groups excluding tert-OH is 1. The van der Waals surface area contributed by atoms with Crippen LogP contribution in [0.25, 0.3) is 0 Å². The molecular formula is C22H37NO2. The Kier molecular flexibility index (Phi) is 5.09. The smallest absolute Gasteiger partial charge is 0.225 e. The molecule has 0 spiro atoms. The highest BCUT2D eigenvalue weighted by atomic mass is 16.3. The second kappa shape index (κ2) is 6.72. The van der Waals surface area contributed by atoms with Crippen molar-refractivity contribution in [3.05, 3.63) is 11.6 Å². The number of rotatable bonds is 0. The Bertz CT molecular complexity index is 556. The molecule has 4 aliphatic rings. The number of aliphatic hydroxyl groups is 1. The molecule has 1 N–H and O–H groups in total. The van der Waals surface area contributed by atoms with Crippen LogP contribution in [0.2, 0.25) is 0 Å². The van der Waals surface area contributed by atoms with Gasteiger partial charge in [0.2, 0.25) is 5.91 Å². The van der Waals surface area contributed by atoms with E-state index < -0.39 is 6.10 Å². The second-order valence-corrected chi connectivity index (χ2v) is 9.04. The Morgan fingerprint density at radius 2 is 1.84 bits per heavy atom. The number of hydrogen-bond donors (Lipinski definition) is 1. The van der Waals surface area contributed by atoms with Crippen LogP contribution in [0, 0.1) is 23.2 Å². The van der Waals surface area contributed by atoms with Crippen LogP contribution in [-0.2, 0) is 4.79 Å². The molecule has 6 atom stereocenters. The van der Waals surface area contributed by atoms with Crippen LogP contribution < -0.4 is 0 Å². The first kappa shape index (κ1) is 18.9. The summed E-state index contributed by atoms with van der Waals surface area (Å²) in [4.78, 5) is 14.8. The van der Waals surface area contributed by atoms with Gasteiger partial charge < -0.3 is 10.0 Å². The maximum absolute atomic E-state index is 12.6. The molecule has 25 heavy (non-hydrogen) atoms. The van der Waals surface area contributed by atoms with Gasteiger partial charge in [-0.15, -0.1) is 0 Å². The molecule has 142 valence electrons. The lowest BCUT2D eigenvalue weighted by Crippen LogP contribution is -2.62. The predicted molar refractivity (Wildman–Crippen MR) is 102 cm³/mol. The summed E-state index contributed by atoms with van der Waals surface area (Å²) in [5.41, 5.74) is 1.96. The van der Waals surface area contributed by atoms with Crippen LogP contribution in [0.5, 0.6) is 0 Å². The molecule has 2 aliphatic carbocycles. The molecule has 4 rings (SSSR count). The first-order chi connectivity index (χ1) is 11.9. The Balaban J connectivity index is 0.000000880. The van der Waals surface area contributed by atoms with Crippen molar-refractivity contribution in [2.24, 2.45) is 23.2 Å². The van der Waals surface area contributed by atoms with Crippen LogP contribution in [0.4, 0.5) is 0 Å². The molecular weight excluding hydrogens is 310 g/mol. The van der Waals surface area contributed by atoms with E-state index in [9.17, 15) is 9.90 Å². The summed E-state index contributed by atoms with van der Waals surface area (Å²) in [6, 6.07) is 0. The van der Waals surface area contributed by atoms with E-state index in [0.29, 0.717) is 17.8 Å². The first-order valence-corrected chi connectivity index (χ1v) is 10.5. The third kappa shape index (κ3) is 2.78. The molecule has 0 radical (unpaired) electrons. The second-order valence-electron chi connectivity index (χ2n) is 9.04. The van der Waals surface area contributed by atoms with E-state index in [2.05, 4.69) is 31.7 Å². The minimum absolute atomic E-state index is 0.0324. The zero-order valence-electron chi connectivity index (χ0n) is 16.8. The molecule has 0 bridgehead atoms. The van der Waals surface area contributed by atoms with E-state index in [1.807, 2.05) is 13.8 Å². The van der Waals surface area contributed by atoms with E-state index in [4.69, 9.17) is 0 Å². The van der Waals surface area contributed by atoms with Crippen molar-refractivity contribution in [3.8, 4) is 0 Å². The van der Waals surface area contributed by atoms with Gasteiger partial charge in [-0.1, -0.05) is 32.4 Å². The fourth-order valence-electron chi connectivity index (χ4n) is 6.58. The average molecular weight is 348 g/mol. The molecule has 1 saturated carbocycles. The van der Waals surface area contributed by atoms with Gasteiger partial charge in [-0.3, -0.25) is 4.79 Å². The quantitative estimate of drug-likeness (QED) is 0.653. The number of hydrogen-bond acceptors (Lipinski definition) is 2. The molecule has 6 unspecified atom stereocenters. The standard InChI is InChI=1S/C20H31NO2.C2H6/c1-13-4-5-16-15-8-11-21-18(23)12-14(22)6-10-20(21,3)17(15)7-9-19(13,16)2;1-2/h4,14-17,22H,5-12H2,1-3H3;1-2H3. The normalized spacial score (nSPS) is 46.1. The summed E-state index contributed by atoms with van der Waals surface area (Å²) in [7, 11) is 0. The number of amides is 1. The zero-order chi connectivity index (χ0) is 18.4. The first-order valence-electron chi connectivity index (χ1n) is 10.5. The van der Waals surface area contributed by atoms with Gasteiger partial charge in [-0.2, -0.15) is 0 Å². The number of carbonyl (C=O) groups is 1. The van der Waals surface area contributed by atoms with Crippen LogP contribution in [0.3, 0.4) is 0 Å². The van der Waals surface area contributed by atoms with Crippen LogP contribution in [-0.4, -0.2) is 34.1 Å². The molecule has 3 heteroatoms. The van der Waals surface area contributed by atoms with Gasteiger partial charge in [-0.25, -0.2) is 0 Å². The number of fused-ring (bicyclic) bond motifs is 5. The highest BCUT2D eigenvalue weighted by Crippen LogP contribution is 2.61. The third-order valence-corrected chi connectivity index (χ3v) is 8.20. The Morgan fingerprint density at radius 3 is 2.56 bits per heavy atom. The molecule has 3 nitrogen and oxygen atoms in total. The minimum atomic E-state index is -0.437. The SMILES string of the molecule is CC.CC1=CCC2C3CCN4C(=O)CC(O)CCC4(C)C3CCC12C. The van der Waals surface area contributed by atoms with Gasteiger partial charge in [-0.05, 0) is 75.5 Å². The van der Waals surface area contributed by atoms with Gasteiger partial charge in [0, 0.05) is 12.1 Å². The van der Waals surface area contributed by atoms with Gasteiger partial charge >= 0.3 is 0 Å². The van der Waals surface area contributed by atoms with Gasteiger partial charge in [0.1, 0.15) is 0 Å². The van der Waals surface area contributed by atoms with Crippen molar-refractivity contribution in [1.29, 1.82) is 0 Å². The minimum Gasteiger partial charge on any atom is -0.393 e. The molecule has 2 heterocycles. The average Bonchev–Trinajstić information content (AvgIpc) is 2.84. The lowest BCUT2D eigenvalue weighted by Gasteiger charge is -2.59. The molecule has 2 saturated heterocycles. The molecule has 0 aromatic carbocycles. The van der Waals surface area contributed by atoms with Crippen molar-refractivity contribution < 1.29 is 9.90 Å². The van der Waals surface area contributed by atoms with Crippen LogP contribution in [0.15, 0.2) is 11.6 Å². The largest absolute Gasteiger partial charge is 0.393 e. The van der Waals surface area contributed by atoms with Crippen LogP contribution >= 0.6 is 0 Å². The van der Waals surface area contributed by atoms with Crippen molar-refractivity contribution in [2.75, 3.05) is 6.54 Å². The molecule has 1 amide bonds. The molecule has 3 fully saturated rings. The number of piperidine rings is 1. The van der Waals surface area contributed by atoms with E-state index in [1.54, 1.807) is 5.57 Å². The molecule has 2 aliphatic heterocycles. The third-order valence-electron chi connectivity index (χ3n) is 8.20. The highest BCUT2D eigenvalue weighted by molar-refractivity contribution is 5.78. The maximum Gasteiger partial charge on any atom is 0.225 e. The Labute approximate surface area is 153 Å². The summed E-state index contributed by atoms with van der Waals surface area (Å²) in [6.07, 6.45) is 9.00. The summed E-state index contributed by atoms with van der Waals surface area (Å²) in [6.45, 7) is 12.0. The lowest BCUT2D eigenvalue weighted by atomic mass is 9.52. The van der Waals surface area contributed by atoms with Gasteiger partial charge in [0.15, 0.2) is 0 Å². The van der Waals surface area contributed by atoms with E-state index in [1.165, 1.54) is 19.3 Å². The van der Waals surface area contributed by atoms with Crippen LogP contribution in [0.1, 0.15) is 79.6 Å². The van der Waals surface area contributed by atoms with Crippen molar-refractivity contribution >= 4 is 5.91 Å². The monoisotopic (exact) mass is 347 g/mol. The predicted octanol–water partition coefficient (Wildman–Crippen LogP) is 4.55. The molecule has 0 aromatic rings. The topological polar surface area (TPSA) is 40.5 Å². The summed E-state index contributed by atoms with van der Waals surface area (Å²) < 4.78 is 0. The maximum atomic E-state index is 12.6. The number of carbonyl (C=O) groups excluding carboxylic acids is 1. The highest BCUT2D eigenvalue weighted by Gasteiger charge is 2.57. The fourth-order valence-corrected chi connectivity index (χ4v) is 6.58. The Hall–Kier alpha value is -0.830. The van der Waals surface area contributed by atoms with Crippen molar-refractivity contribution in [1.82, 2.24) is 4.90 Å². The van der Waals surface area contributed by atoms with Gasteiger partial charge in [0.05, 0.1) is 12.5 Å². The summed E-state index contributed by atoms with van der Waals surface area (Å²) >= 11 is 0. The van der Waals surface area contributed by atoms with Crippen molar-refractivity contribution in [2.45, 2.75) is 91.2 Å². The molecule has 0 aromatic heterocycles. The van der Waals surface area contributed by atoms with Crippen molar-refractivity contribution in [3.63, 3.8) is 0 Å². The Morgan fingerprint density at radius 1 is 1.12 bits per heavy atom.